The molecule has 0 aliphatic carbocycles. The Morgan fingerprint density at radius 2 is 1.71 bits per heavy atom. The first-order valence-corrected chi connectivity index (χ1v) is 13.6. The minimum Gasteiger partial charge on any atom is -0.496 e. The molecular formula is C32H32N2O7. The minimum atomic E-state index is -0.137. The molecule has 41 heavy (non-hydrogen) atoms. The summed E-state index contributed by atoms with van der Waals surface area (Å²) in [5.74, 6) is 3.01. The first kappa shape index (κ1) is 26.7. The Balaban J connectivity index is 1.49. The first-order valence-electron chi connectivity index (χ1n) is 13.6. The number of carbonyl (C=O) groups excluding carboxylic acids is 1. The zero-order chi connectivity index (χ0) is 28.3. The van der Waals surface area contributed by atoms with E-state index >= 15 is 0 Å². The van der Waals surface area contributed by atoms with Crippen LogP contribution in [0.25, 0.3) is 22.2 Å². The van der Waals surface area contributed by atoms with Crippen LogP contribution in [-0.4, -0.2) is 63.2 Å². The number of benzene rings is 3. The average molecular weight is 557 g/mol. The molecule has 0 radical (unpaired) electrons. The highest BCUT2D eigenvalue weighted by atomic mass is 16.7. The third-order valence-electron chi connectivity index (χ3n) is 7.50. The molecule has 3 heterocycles. The molecule has 1 amide bonds. The van der Waals surface area contributed by atoms with Gasteiger partial charge in [0, 0.05) is 36.2 Å². The quantitative estimate of drug-likeness (QED) is 0.268. The van der Waals surface area contributed by atoms with E-state index in [1.54, 1.807) is 39.5 Å². The fourth-order valence-corrected chi connectivity index (χ4v) is 5.46. The van der Waals surface area contributed by atoms with Crippen molar-refractivity contribution in [2.45, 2.75) is 25.5 Å². The molecule has 6 rings (SSSR count). The summed E-state index contributed by atoms with van der Waals surface area (Å²) < 4.78 is 34.0. The second-order valence-corrected chi connectivity index (χ2v) is 9.95. The minimum absolute atomic E-state index is 0.0503. The predicted molar refractivity (Wildman–Crippen MR) is 153 cm³/mol. The van der Waals surface area contributed by atoms with Gasteiger partial charge < -0.3 is 33.3 Å². The standard InChI is InChI=1S/C32H32N2O7/c1-36-25-9-5-4-8-23(25)30-21(15-24-26(37-2)12-13-28(38-3)31(24)33-30)17-34(18-22-7-6-14-39-22)32(35)20-10-11-27-29(16-20)41-19-40-27/h4-5,8-13,15-16,22H,6-7,14,17-19H2,1-3H3. The zero-order valence-corrected chi connectivity index (χ0v) is 23.3. The molecule has 1 aromatic heterocycles. The van der Waals surface area contributed by atoms with E-state index in [4.69, 9.17) is 33.4 Å². The monoisotopic (exact) mass is 556 g/mol. The van der Waals surface area contributed by atoms with E-state index in [0.717, 1.165) is 29.4 Å². The van der Waals surface area contributed by atoms with Gasteiger partial charge in [-0.25, -0.2) is 4.98 Å². The summed E-state index contributed by atoms with van der Waals surface area (Å²) in [7, 11) is 4.88. The van der Waals surface area contributed by atoms with Crippen molar-refractivity contribution in [3.8, 4) is 40.0 Å². The van der Waals surface area contributed by atoms with Gasteiger partial charge in [-0.05, 0) is 66.9 Å². The third kappa shape index (κ3) is 5.20. The number of amides is 1. The molecule has 1 atom stereocenters. The number of aromatic nitrogens is 1. The number of rotatable bonds is 9. The second-order valence-electron chi connectivity index (χ2n) is 9.95. The number of methoxy groups -OCH3 is 3. The Bertz CT molecular complexity index is 1580. The van der Waals surface area contributed by atoms with Crippen LogP contribution in [0.15, 0.2) is 60.7 Å². The van der Waals surface area contributed by atoms with E-state index in [1.165, 1.54) is 0 Å². The van der Waals surface area contributed by atoms with Crippen LogP contribution < -0.4 is 23.7 Å². The maximum Gasteiger partial charge on any atom is 0.254 e. The summed E-state index contributed by atoms with van der Waals surface area (Å²) in [5, 5.41) is 0.785. The van der Waals surface area contributed by atoms with Crippen molar-refractivity contribution in [1.29, 1.82) is 0 Å². The van der Waals surface area contributed by atoms with E-state index in [9.17, 15) is 4.79 Å². The number of carbonyl (C=O) groups is 1. The number of fused-ring (bicyclic) bond motifs is 2. The molecule has 1 fully saturated rings. The molecular weight excluding hydrogens is 524 g/mol. The Kier molecular flexibility index (Phi) is 7.52. The van der Waals surface area contributed by atoms with Crippen molar-refractivity contribution in [3.63, 3.8) is 0 Å². The molecule has 1 unspecified atom stereocenters. The maximum absolute atomic E-state index is 14.1. The molecule has 212 valence electrons. The van der Waals surface area contributed by atoms with Gasteiger partial charge in [0.05, 0.1) is 33.1 Å². The van der Waals surface area contributed by atoms with Gasteiger partial charge in [-0.2, -0.15) is 0 Å². The van der Waals surface area contributed by atoms with Crippen molar-refractivity contribution >= 4 is 16.8 Å². The van der Waals surface area contributed by atoms with Gasteiger partial charge >= 0.3 is 0 Å². The third-order valence-corrected chi connectivity index (χ3v) is 7.50. The lowest BCUT2D eigenvalue weighted by atomic mass is 10.0. The van der Waals surface area contributed by atoms with Gasteiger partial charge in [-0.3, -0.25) is 4.79 Å². The fourth-order valence-electron chi connectivity index (χ4n) is 5.46. The Morgan fingerprint density at radius 1 is 0.927 bits per heavy atom. The van der Waals surface area contributed by atoms with Crippen molar-refractivity contribution in [3.05, 3.63) is 71.8 Å². The molecule has 2 aliphatic rings. The van der Waals surface area contributed by atoms with E-state index in [-0.39, 0.29) is 25.3 Å². The predicted octanol–water partition coefficient (Wildman–Crippen LogP) is 5.48. The molecule has 0 saturated carbocycles. The molecule has 9 nitrogen and oxygen atoms in total. The summed E-state index contributed by atoms with van der Waals surface area (Å²) >= 11 is 0. The fraction of sp³-hybridized carbons (Fsp3) is 0.312. The van der Waals surface area contributed by atoms with Gasteiger partial charge in [0.25, 0.3) is 5.91 Å². The summed E-state index contributed by atoms with van der Waals surface area (Å²) in [4.78, 5) is 21.0. The summed E-state index contributed by atoms with van der Waals surface area (Å²) in [6.45, 7) is 1.55. The number of para-hydroxylation sites is 1. The molecule has 2 aliphatic heterocycles. The van der Waals surface area contributed by atoms with Gasteiger partial charge in [-0.15, -0.1) is 0 Å². The van der Waals surface area contributed by atoms with Gasteiger partial charge in [0.15, 0.2) is 11.5 Å². The van der Waals surface area contributed by atoms with Crippen LogP contribution in [0.5, 0.6) is 28.7 Å². The van der Waals surface area contributed by atoms with Crippen LogP contribution in [0.1, 0.15) is 28.8 Å². The van der Waals surface area contributed by atoms with Gasteiger partial charge in [0.1, 0.15) is 22.8 Å². The van der Waals surface area contributed by atoms with Crippen molar-refractivity contribution in [2.75, 3.05) is 41.3 Å². The van der Waals surface area contributed by atoms with Crippen molar-refractivity contribution in [2.24, 2.45) is 0 Å². The van der Waals surface area contributed by atoms with Gasteiger partial charge in [-0.1, -0.05) is 12.1 Å². The van der Waals surface area contributed by atoms with Crippen molar-refractivity contribution in [1.82, 2.24) is 9.88 Å². The summed E-state index contributed by atoms with van der Waals surface area (Å²) in [6, 6.07) is 18.7. The molecule has 4 aromatic rings. The van der Waals surface area contributed by atoms with Crippen molar-refractivity contribution < 1.29 is 33.2 Å². The Morgan fingerprint density at radius 3 is 2.49 bits per heavy atom. The normalized spacial score (nSPS) is 15.6. The van der Waals surface area contributed by atoms with Crippen LogP contribution in [0.3, 0.4) is 0 Å². The molecule has 9 heteroatoms. The molecule has 0 bridgehead atoms. The second kappa shape index (κ2) is 11.5. The van der Waals surface area contributed by atoms with Gasteiger partial charge in [0.2, 0.25) is 6.79 Å². The lowest BCUT2D eigenvalue weighted by Crippen LogP contribution is -2.37. The number of pyridine rings is 1. The van der Waals surface area contributed by atoms with Crippen LogP contribution >= 0.6 is 0 Å². The lowest BCUT2D eigenvalue weighted by molar-refractivity contribution is 0.0507. The van der Waals surface area contributed by atoms with E-state index < -0.39 is 0 Å². The molecule has 3 aromatic carbocycles. The number of nitrogens with zero attached hydrogens (tertiary/aromatic N) is 2. The summed E-state index contributed by atoms with van der Waals surface area (Å²) in [6.07, 6.45) is 1.81. The van der Waals surface area contributed by atoms with E-state index in [0.29, 0.717) is 58.7 Å². The highest BCUT2D eigenvalue weighted by Crippen LogP contribution is 2.39. The molecule has 1 saturated heterocycles. The Labute approximate surface area is 238 Å². The lowest BCUT2D eigenvalue weighted by Gasteiger charge is -2.27. The highest BCUT2D eigenvalue weighted by Gasteiger charge is 2.27. The SMILES string of the molecule is COc1ccccc1-c1nc2c(OC)ccc(OC)c2cc1CN(CC1CCCO1)C(=O)c1ccc2c(c1)OCO2. The Hall–Kier alpha value is -4.50. The smallest absolute Gasteiger partial charge is 0.254 e. The average Bonchev–Trinajstić information content (AvgIpc) is 3.71. The number of ether oxygens (including phenoxy) is 6. The molecule has 0 N–H and O–H groups in total. The highest BCUT2D eigenvalue weighted by molar-refractivity contribution is 5.96. The maximum atomic E-state index is 14.1. The van der Waals surface area contributed by atoms with Crippen LogP contribution in [0.4, 0.5) is 0 Å². The van der Waals surface area contributed by atoms with E-state index in [1.807, 2.05) is 47.4 Å². The number of hydrogen-bond acceptors (Lipinski definition) is 8. The van der Waals surface area contributed by atoms with Crippen LogP contribution in [0.2, 0.25) is 0 Å². The summed E-state index contributed by atoms with van der Waals surface area (Å²) in [5.41, 5.74) is 3.51. The first-order chi connectivity index (χ1) is 20.1. The topological polar surface area (TPSA) is 88.6 Å². The van der Waals surface area contributed by atoms with Crippen LogP contribution in [-0.2, 0) is 11.3 Å². The van der Waals surface area contributed by atoms with Crippen LogP contribution in [0, 0.1) is 0 Å². The largest absolute Gasteiger partial charge is 0.496 e. The number of hydrogen-bond donors (Lipinski definition) is 0. The zero-order valence-electron chi connectivity index (χ0n) is 23.3. The molecule has 0 spiro atoms. The van der Waals surface area contributed by atoms with E-state index in [2.05, 4.69) is 0 Å².